The highest BCUT2D eigenvalue weighted by molar-refractivity contribution is 5.84. The molecule has 0 aliphatic carbocycles. The van der Waals surface area contributed by atoms with Crippen molar-refractivity contribution in [3.05, 3.63) is 23.8 Å². The summed E-state index contributed by atoms with van der Waals surface area (Å²) in [6, 6.07) is 0. The van der Waals surface area contributed by atoms with Crippen molar-refractivity contribution in [2.24, 2.45) is 0 Å². The maximum absolute atomic E-state index is 10.6. The van der Waals surface area contributed by atoms with Crippen molar-refractivity contribution >= 4 is 5.97 Å². The van der Waals surface area contributed by atoms with E-state index >= 15 is 0 Å². The Bertz CT molecular complexity index is 326. The van der Waals surface area contributed by atoms with Crippen LogP contribution >= 0.6 is 0 Å². The molecule has 5 heteroatoms. The summed E-state index contributed by atoms with van der Waals surface area (Å²) in [6.07, 6.45) is 3.55. The van der Waals surface area contributed by atoms with Crippen LogP contribution in [-0.2, 0) is 6.42 Å². The molecule has 1 rings (SSSR count). The van der Waals surface area contributed by atoms with Crippen LogP contribution in [0.5, 0.6) is 0 Å². The van der Waals surface area contributed by atoms with Crippen molar-refractivity contribution in [3.8, 4) is 0 Å². The molecule has 0 saturated carbocycles. The van der Waals surface area contributed by atoms with Crippen molar-refractivity contribution in [1.82, 2.24) is 14.9 Å². The topological polar surface area (TPSA) is 66.3 Å². The number of rotatable bonds is 4. The number of hydrogen-bond acceptors (Lipinski definition) is 4. The van der Waals surface area contributed by atoms with Crippen molar-refractivity contribution in [2.75, 3.05) is 20.6 Å². The van der Waals surface area contributed by atoms with Crippen LogP contribution in [0.2, 0.25) is 0 Å². The minimum absolute atomic E-state index is 0.00116. The lowest BCUT2D eigenvalue weighted by atomic mass is 10.3. The van der Waals surface area contributed by atoms with Crippen molar-refractivity contribution in [3.63, 3.8) is 0 Å². The number of aromatic carboxylic acids is 1. The molecule has 0 unspecified atom stereocenters. The van der Waals surface area contributed by atoms with Gasteiger partial charge in [0.2, 0.25) is 0 Å². The molecule has 0 fully saturated rings. The Morgan fingerprint density at radius 3 is 2.79 bits per heavy atom. The first-order valence-corrected chi connectivity index (χ1v) is 4.28. The molecule has 0 aromatic carbocycles. The summed E-state index contributed by atoms with van der Waals surface area (Å²) in [4.78, 5) is 20.4. The quantitative estimate of drug-likeness (QED) is 0.747. The van der Waals surface area contributed by atoms with E-state index in [0.29, 0.717) is 12.1 Å². The number of carbonyl (C=O) groups is 1. The second kappa shape index (κ2) is 4.66. The number of nitrogens with zero attached hydrogens (tertiary/aromatic N) is 3. The van der Waals surface area contributed by atoms with E-state index in [0.717, 1.165) is 6.54 Å². The van der Waals surface area contributed by atoms with Crippen LogP contribution in [0.15, 0.2) is 12.4 Å². The molecule has 76 valence electrons. The fourth-order valence-corrected chi connectivity index (χ4v) is 0.968. The predicted octanol–water partition coefficient (Wildman–Crippen LogP) is 0.279. The third kappa shape index (κ3) is 3.10. The number of aromatic nitrogens is 2. The van der Waals surface area contributed by atoms with Gasteiger partial charge in [0.25, 0.3) is 0 Å². The number of carboxylic acid groups (broad SMARTS) is 1. The van der Waals surface area contributed by atoms with Gasteiger partial charge in [0.05, 0.1) is 11.9 Å². The first-order chi connectivity index (χ1) is 6.59. The summed E-state index contributed by atoms with van der Waals surface area (Å²) < 4.78 is 0. The zero-order valence-electron chi connectivity index (χ0n) is 8.27. The molecule has 0 amide bonds. The van der Waals surface area contributed by atoms with Gasteiger partial charge in [0, 0.05) is 19.2 Å². The zero-order valence-corrected chi connectivity index (χ0v) is 8.27. The number of hydrogen-bond donors (Lipinski definition) is 1. The SMILES string of the molecule is CN(C)CCc1cncc(C(=O)O)n1. The first kappa shape index (κ1) is 10.6. The zero-order chi connectivity index (χ0) is 10.6. The minimum Gasteiger partial charge on any atom is -0.476 e. The summed E-state index contributed by atoms with van der Waals surface area (Å²) >= 11 is 0. The predicted molar refractivity (Wildman–Crippen MR) is 51.2 cm³/mol. The molecule has 14 heavy (non-hydrogen) atoms. The van der Waals surface area contributed by atoms with Crippen LogP contribution in [0.3, 0.4) is 0 Å². The van der Waals surface area contributed by atoms with Gasteiger partial charge >= 0.3 is 5.97 Å². The Labute approximate surface area is 82.4 Å². The Hall–Kier alpha value is -1.49. The van der Waals surface area contributed by atoms with E-state index in [1.54, 1.807) is 6.20 Å². The van der Waals surface area contributed by atoms with Crippen LogP contribution in [0.4, 0.5) is 0 Å². The van der Waals surface area contributed by atoms with Crippen LogP contribution in [0.25, 0.3) is 0 Å². The average molecular weight is 195 g/mol. The molecule has 1 aromatic heterocycles. The molecule has 1 N–H and O–H groups in total. The van der Waals surface area contributed by atoms with Gasteiger partial charge in [-0.15, -0.1) is 0 Å². The van der Waals surface area contributed by atoms with Gasteiger partial charge in [-0.1, -0.05) is 0 Å². The minimum atomic E-state index is -1.04. The smallest absolute Gasteiger partial charge is 0.356 e. The molecule has 0 spiro atoms. The van der Waals surface area contributed by atoms with Crippen LogP contribution < -0.4 is 0 Å². The molecule has 0 atom stereocenters. The van der Waals surface area contributed by atoms with Gasteiger partial charge in [-0.05, 0) is 14.1 Å². The van der Waals surface area contributed by atoms with E-state index < -0.39 is 5.97 Å². The van der Waals surface area contributed by atoms with Crippen molar-refractivity contribution < 1.29 is 9.90 Å². The molecule has 0 bridgehead atoms. The second-order valence-electron chi connectivity index (χ2n) is 3.25. The summed E-state index contributed by atoms with van der Waals surface area (Å²) in [5, 5.41) is 8.67. The molecule has 0 aliphatic rings. The highest BCUT2D eigenvalue weighted by atomic mass is 16.4. The van der Waals surface area contributed by atoms with Crippen LogP contribution in [0, 0.1) is 0 Å². The maximum Gasteiger partial charge on any atom is 0.356 e. The lowest BCUT2D eigenvalue weighted by Crippen LogP contribution is -2.16. The molecule has 1 aromatic rings. The molecule has 0 radical (unpaired) electrons. The largest absolute Gasteiger partial charge is 0.476 e. The second-order valence-corrected chi connectivity index (χ2v) is 3.25. The van der Waals surface area contributed by atoms with E-state index in [2.05, 4.69) is 9.97 Å². The van der Waals surface area contributed by atoms with Crippen LogP contribution in [-0.4, -0.2) is 46.6 Å². The number of likely N-dealkylation sites (N-methyl/N-ethyl adjacent to an activating group) is 1. The van der Waals surface area contributed by atoms with Gasteiger partial charge in [-0.3, -0.25) is 4.98 Å². The van der Waals surface area contributed by atoms with Gasteiger partial charge < -0.3 is 10.0 Å². The molecular weight excluding hydrogens is 182 g/mol. The molecule has 0 saturated heterocycles. The monoisotopic (exact) mass is 195 g/mol. The third-order valence-corrected chi connectivity index (χ3v) is 1.72. The highest BCUT2D eigenvalue weighted by Gasteiger charge is 2.05. The van der Waals surface area contributed by atoms with Gasteiger partial charge in [-0.2, -0.15) is 0 Å². The molecular formula is C9H13N3O2. The third-order valence-electron chi connectivity index (χ3n) is 1.72. The molecule has 0 aliphatic heterocycles. The van der Waals surface area contributed by atoms with E-state index in [-0.39, 0.29) is 5.69 Å². The summed E-state index contributed by atoms with van der Waals surface area (Å²) in [7, 11) is 3.91. The Morgan fingerprint density at radius 2 is 2.21 bits per heavy atom. The van der Waals surface area contributed by atoms with Gasteiger partial charge in [-0.25, -0.2) is 9.78 Å². The van der Waals surface area contributed by atoms with E-state index in [9.17, 15) is 4.79 Å². The van der Waals surface area contributed by atoms with Crippen LogP contribution in [0.1, 0.15) is 16.2 Å². The van der Waals surface area contributed by atoms with E-state index in [1.165, 1.54) is 6.20 Å². The van der Waals surface area contributed by atoms with Gasteiger partial charge in [0.15, 0.2) is 5.69 Å². The average Bonchev–Trinajstić information content (AvgIpc) is 2.15. The Kier molecular flexibility index (Phi) is 3.53. The normalized spacial score (nSPS) is 10.5. The molecule has 5 nitrogen and oxygen atoms in total. The number of carboxylic acids is 1. The standard InChI is InChI=1S/C9H13N3O2/c1-12(2)4-3-7-5-10-6-8(11-7)9(13)14/h5-6H,3-4H2,1-2H3,(H,13,14). The highest BCUT2D eigenvalue weighted by Crippen LogP contribution is 1.98. The fourth-order valence-electron chi connectivity index (χ4n) is 0.968. The summed E-state index contributed by atoms with van der Waals surface area (Å²) in [5.41, 5.74) is 0.708. The Balaban J connectivity index is 2.69. The van der Waals surface area contributed by atoms with E-state index in [4.69, 9.17) is 5.11 Å². The summed E-state index contributed by atoms with van der Waals surface area (Å²) in [6.45, 7) is 0.831. The van der Waals surface area contributed by atoms with E-state index in [1.807, 2.05) is 19.0 Å². The lowest BCUT2D eigenvalue weighted by molar-refractivity contribution is 0.0689. The fraction of sp³-hybridized carbons (Fsp3) is 0.444. The first-order valence-electron chi connectivity index (χ1n) is 4.28. The van der Waals surface area contributed by atoms with Crippen molar-refractivity contribution in [2.45, 2.75) is 6.42 Å². The lowest BCUT2D eigenvalue weighted by Gasteiger charge is -2.08. The van der Waals surface area contributed by atoms with Crippen molar-refractivity contribution in [1.29, 1.82) is 0 Å². The maximum atomic E-state index is 10.6. The molecule has 1 heterocycles. The Morgan fingerprint density at radius 1 is 1.50 bits per heavy atom. The summed E-state index contributed by atoms with van der Waals surface area (Å²) in [5.74, 6) is -1.04. The van der Waals surface area contributed by atoms with Gasteiger partial charge in [0.1, 0.15) is 0 Å².